The van der Waals surface area contributed by atoms with Gasteiger partial charge in [0.1, 0.15) is 0 Å². The molecule has 12 heavy (non-hydrogen) atoms. The molecule has 1 N–H and O–H groups in total. The monoisotopic (exact) mass is 251 g/mol. The van der Waals surface area contributed by atoms with Crippen LogP contribution in [-0.2, 0) is 0 Å². The standard InChI is InChI=1S/C8H4BrClN.Na/c9-6-1-2-7-5(8(6)10)3-4-11-7;/h1-2,4,11H;. The van der Waals surface area contributed by atoms with Crippen molar-refractivity contribution in [3.8, 4) is 0 Å². The number of H-pyrrole nitrogens is 1. The van der Waals surface area contributed by atoms with Crippen LogP contribution in [0.15, 0.2) is 22.8 Å². The van der Waals surface area contributed by atoms with E-state index >= 15 is 0 Å². The summed E-state index contributed by atoms with van der Waals surface area (Å²) in [4.78, 5) is 3.19. The second-order valence-corrected chi connectivity index (χ2v) is 5.07. The number of rotatable bonds is 0. The molecule has 0 saturated heterocycles. The zero-order valence-corrected chi connectivity index (χ0v) is 10.8. The third-order valence-corrected chi connectivity index (χ3v) is 4.00. The maximum atomic E-state index is 6.13. The minimum absolute atomic E-state index is 0.818. The fraction of sp³-hybridized carbons (Fsp3) is 0. The Morgan fingerprint density at radius 1 is 1.42 bits per heavy atom. The van der Waals surface area contributed by atoms with Crippen molar-refractivity contribution in [1.82, 2.24) is 4.98 Å². The van der Waals surface area contributed by atoms with Crippen molar-refractivity contribution in [3.63, 3.8) is 0 Å². The summed E-state index contributed by atoms with van der Waals surface area (Å²) in [6, 6.07) is 3.99. The molecule has 0 amide bonds. The second-order valence-electron chi connectivity index (χ2n) is 2.76. The third-order valence-electron chi connectivity index (χ3n) is 1.93. The molecule has 0 aliphatic rings. The van der Waals surface area contributed by atoms with E-state index in [4.69, 9.17) is 11.6 Å². The number of benzene rings is 1. The molecule has 0 bridgehead atoms. The number of fused-ring (bicyclic) bond motifs is 1. The molecule has 0 radical (unpaired) electrons. The summed E-state index contributed by atoms with van der Waals surface area (Å²) in [6.45, 7) is 0. The Kier molecular flexibility index (Phi) is 2.54. The van der Waals surface area contributed by atoms with E-state index in [0.717, 1.165) is 48.3 Å². The third kappa shape index (κ3) is 1.36. The molecule has 0 atom stereocenters. The first kappa shape index (κ1) is 9.10. The van der Waals surface area contributed by atoms with Crippen LogP contribution in [0.1, 0.15) is 0 Å². The van der Waals surface area contributed by atoms with Gasteiger partial charge in [-0.25, -0.2) is 0 Å². The van der Waals surface area contributed by atoms with Gasteiger partial charge in [0.05, 0.1) is 0 Å². The van der Waals surface area contributed by atoms with Gasteiger partial charge in [-0.3, -0.25) is 0 Å². The molecular weight excluding hydrogens is 248 g/mol. The van der Waals surface area contributed by atoms with Crippen LogP contribution in [0.3, 0.4) is 0 Å². The zero-order valence-electron chi connectivity index (χ0n) is 6.49. The van der Waals surface area contributed by atoms with E-state index < -0.39 is 0 Å². The Bertz CT molecular complexity index is 438. The molecular formula is C8H4BrClNNa. The van der Waals surface area contributed by atoms with Crippen LogP contribution in [0.25, 0.3) is 10.9 Å². The molecule has 1 nitrogen and oxygen atoms in total. The Hall–Kier alpha value is 0.530. The molecule has 2 aromatic rings. The van der Waals surface area contributed by atoms with Crippen LogP contribution in [0, 0.1) is 0 Å². The van der Waals surface area contributed by atoms with Gasteiger partial charge < -0.3 is 0 Å². The van der Waals surface area contributed by atoms with E-state index in [2.05, 4.69) is 20.9 Å². The summed E-state index contributed by atoms with van der Waals surface area (Å²) >= 11 is 10.6. The Balaban J connectivity index is 2.96. The van der Waals surface area contributed by atoms with E-state index in [9.17, 15) is 0 Å². The van der Waals surface area contributed by atoms with Gasteiger partial charge in [0.15, 0.2) is 0 Å². The van der Waals surface area contributed by atoms with Crippen LogP contribution in [-0.4, -0.2) is 32.9 Å². The molecule has 1 aromatic carbocycles. The number of hydrogen-bond donors (Lipinski definition) is 1. The average molecular weight is 252 g/mol. The number of halogens is 2. The molecule has 1 heterocycles. The molecule has 56 valence electrons. The van der Waals surface area contributed by atoms with Gasteiger partial charge in [0, 0.05) is 0 Å². The van der Waals surface area contributed by atoms with Crippen LogP contribution < -0.4 is 2.81 Å². The van der Waals surface area contributed by atoms with Gasteiger partial charge in [0.2, 0.25) is 0 Å². The molecule has 2 rings (SSSR count). The molecule has 0 aliphatic carbocycles. The minimum atomic E-state index is 0.818. The fourth-order valence-corrected chi connectivity index (χ4v) is 2.78. The maximum absolute atomic E-state index is 6.13. The summed E-state index contributed by atoms with van der Waals surface area (Å²) in [6.07, 6.45) is 2.02. The van der Waals surface area contributed by atoms with Crippen molar-refractivity contribution >= 4 is 69.2 Å². The van der Waals surface area contributed by atoms with Gasteiger partial charge in [-0.2, -0.15) is 0 Å². The van der Waals surface area contributed by atoms with Crippen molar-refractivity contribution in [2.45, 2.75) is 0 Å². The quantitative estimate of drug-likeness (QED) is 0.693. The summed E-state index contributed by atoms with van der Waals surface area (Å²) in [7, 11) is 0. The second kappa shape index (κ2) is 3.35. The summed E-state index contributed by atoms with van der Waals surface area (Å²) < 4.78 is 2.28. The van der Waals surface area contributed by atoms with Gasteiger partial charge in [-0.05, 0) is 0 Å². The molecule has 0 saturated carbocycles. The number of aromatic amines is 1. The SMILES string of the molecule is [Na][c]1c[nH]c2ccc(Br)c(Cl)c12. The average Bonchev–Trinajstić information content (AvgIpc) is 2.41. The van der Waals surface area contributed by atoms with E-state index in [1.54, 1.807) is 0 Å². The topological polar surface area (TPSA) is 15.8 Å². The molecule has 0 aliphatic heterocycles. The van der Waals surface area contributed by atoms with Gasteiger partial charge in [-0.1, -0.05) is 0 Å². The van der Waals surface area contributed by atoms with E-state index in [1.807, 2.05) is 18.3 Å². The summed E-state index contributed by atoms with van der Waals surface area (Å²) in [5.41, 5.74) is 1.12. The van der Waals surface area contributed by atoms with Gasteiger partial charge in [-0.15, -0.1) is 0 Å². The van der Waals surface area contributed by atoms with Crippen LogP contribution >= 0.6 is 27.5 Å². The van der Waals surface area contributed by atoms with Gasteiger partial charge in [0.25, 0.3) is 0 Å². The van der Waals surface area contributed by atoms with Crippen molar-refractivity contribution in [3.05, 3.63) is 27.8 Å². The first-order valence-corrected chi connectivity index (χ1v) is 5.79. The summed E-state index contributed by atoms with van der Waals surface area (Å²) in [5, 5.41) is 1.98. The van der Waals surface area contributed by atoms with Crippen LogP contribution in [0.4, 0.5) is 0 Å². The van der Waals surface area contributed by atoms with Crippen molar-refractivity contribution < 1.29 is 0 Å². The van der Waals surface area contributed by atoms with E-state index in [0.29, 0.717) is 0 Å². The molecule has 0 unspecified atom stereocenters. The normalized spacial score (nSPS) is 11.0. The van der Waals surface area contributed by atoms with Crippen molar-refractivity contribution in [1.29, 1.82) is 0 Å². The molecule has 0 spiro atoms. The van der Waals surface area contributed by atoms with Crippen molar-refractivity contribution in [2.75, 3.05) is 0 Å². The van der Waals surface area contributed by atoms with Gasteiger partial charge >= 0.3 is 102 Å². The first-order chi connectivity index (χ1) is 5.70. The van der Waals surface area contributed by atoms with Crippen LogP contribution in [0.2, 0.25) is 5.02 Å². The Labute approximate surface area is 101 Å². The Morgan fingerprint density at radius 2 is 2.17 bits per heavy atom. The fourth-order valence-electron chi connectivity index (χ4n) is 1.31. The number of aromatic nitrogens is 1. The van der Waals surface area contributed by atoms with Crippen molar-refractivity contribution in [2.24, 2.45) is 0 Å². The Morgan fingerprint density at radius 3 is 2.92 bits per heavy atom. The number of nitrogens with one attached hydrogen (secondary N) is 1. The van der Waals surface area contributed by atoms with E-state index in [-0.39, 0.29) is 0 Å². The van der Waals surface area contributed by atoms with E-state index in [1.165, 1.54) is 2.81 Å². The molecule has 1 aromatic heterocycles. The predicted molar refractivity (Wildman–Crippen MR) is 56.4 cm³/mol. The number of hydrogen-bond acceptors (Lipinski definition) is 0. The zero-order chi connectivity index (χ0) is 8.72. The van der Waals surface area contributed by atoms with Crippen LogP contribution in [0.5, 0.6) is 0 Å². The summed E-state index contributed by atoms with van der Waals surface area (Å²) in [5.74, 6) is 0. The molecule has 0 fully saturated rings. The molecule has 4 heteroatoms. The predicted octanol–water partition coefficient (Wildman–Crippen LogP) is 2.38. The first-order valence-electron chi connectivity index (χ1n) is 3.62.